The van der Waals surface area contributed by atoms with Gasteiger partial charge in [-0.2, -0.15) is 0 Å². The molecule has 6 heteroatoms. The van der Waals surface area contributed by atoms with Crippen molar-refractivity contribution >= 4 is 17.7 Å². The van der Waals surface area contributed by atoms with E-state index < -0.39 is 0 Å². The highest BCUT2D eigenvalue weighted by molar-refractivity contribution is 6.18. The maximum atomic E-state index is 13.0. The monoisotopic (exact) mass is 341 g/mol. The van der Waals surface area contributed by atoms with Crippen molar-refractivity contribution < 1.29 is 4.79 Å². The van der Waals surface area contributed by atoms with Crippen LogP contribution in [0.25, 0.3) is 0 Å². The molecule has 6 nitrogen and oxygen atoms in total. The normalized spacial score (nSPS) is 25.5. The molecule has 2 saturated carbocycles. The highest BCUT2D eigenvalue weighted by Crippen LogP contribution is 2.54. The number of H-pyrrole nitrogens is 1. The van der Waals surface area contributed by atoms with Crippen LogP contribution in [-0.4, -0.2) is 45.9 Å². The van der Waals surface area contributed by atoms with Crippen LogP contribution in [0.3, 0.4) is 0 Å². The summed E-state index contributed by atoms with van der Waals surface area (Å²) in [5.74, 6) is 4.89. The molecule has 0 saturated heterocycles. The summed E-state index contributed by atoms with van der Waals surface area (Å²) in [5, 5.41) is 0. The van der Waals surface area contributed by atoms with Crippen LogP contribution in [0.4, 0.5) is 10.6 Å². The van der Waals surface area contributed by atoms with Crippen LogP contribution < -0.4 is 4.90 Å². The Labute approximate surface area is 148 Å². The van der Waals surface area contributed by atoms with Gasteiger partial charge in [0.15, 0.2) is 11.7 Å². The number of carbonyl (C=O) groups is 1. The number of rotatable bonds is 6. The number of nitrogens with one attached hydrogen (secondary N) is 1. The lowest BCUT2D eigenvalue weighted by molar-refractivity contribution is 0.226. The molecule has 2 aliphatic heterocycles. The van der Waals surface area contributed by atoms with Crippen LogP contribution >= 0.6 is 0 Å². The molecule has 1 aromatic heterocycles. The second-order valence-corrected chi connectivity index (χ2v) is 8.08. The third-order valence-electron chi connectivity index (χ3n) is 6.09. The third-order valence-corrected chi connectivity index (χ3v) is 6.09. The van der Waals surface area contributed by atoms with E-state index in [4.69, 9.17) is 9.98 Å². The molecule has 1 N–H and O–H groups in total. The van der Waals surface area contributed by atoms with E-state index in [1.54, 1.807) is 0 Å². The molecule has 5 rings (SSSR count). The van der Waals surface area contributed by atoms with Gasteiger partial charge >= 0.3 is 6.03 Å². The van der Waals surface area contributed by atoms with Crippen LogP contribution in [0.5, 0.6) is 0 Å². The largest absolute Gasteiger partial charge is 0.337 e. The van der Waals surface area contributed by atoms with E-state index in [0.29, 0.717) is 19.0 Å². The van der Waals surface area contributed by atoms with Gasteiger partial charge in [0.1, 0.15) is 11.5 Å². The number of amidine groups is 1. The number of nitrogens with zero attached hydrogens (tertiary/aromatic N) is 4. The Kier molecular flexibility index (Phi) is 3.44. The Hall–Kier alpha value is -1.85. The van der Waals surface area contributed by atoms with Crippen LogP contribution in [0.15, 0.2) is 4.99 Å². The average molecular weight is 341 g/mol. The van der Waals surface area contributed by atoms with E-state index in [1.165, 1.54) is 25.7 Å². The minimum absolute atomic E-state index is 0.0523. The van der Waals surface area contributed by atoms with E-state index in [2.05, 4.69) is 18.8 Å². The minimum Gasteiger partial charge on any atom is -0.337 e. The molecule has 1 unspecified atom stereocenters. The molecule has 2 amide bonds. The van der Waals surface area contributed by atoms with E-state index in [-0.39, 0.29) is 12.1 Å². The highest BCUT2D eigenvalue weighted by atomic mass is 16.2. The fourth-order valence-electron chi connectivity index (χ4n) is 4.46. The van der Waals surface area contributed by atoms with Gasteiger partial charge in [-0.3, -0.25) is 14.8 Å². The van der Waals surface area contributed by atoms with Gasteiger partial charge in [0, 0.05) is 12.5 Å². The molecule has 1 atom stereocenters. The lowest BCUT2D eigenvalue weighted by Gasteiger charge is -2.32. The Balaban J connectivity index is 1.58. The lowest BCUT2D eigenvalue weighted by atomic mass is 9.97. The molecule has 0 spiro atoms. The summed E-state index contributed by atoms with van der Waals surface area (Å²) in [6.45, 7) is 5.67. The smallest absolute Gasteiger partial charge is 0.331 e. The third kappa shape index (κ3) is 2.41. The van der Waals surface area contributed by atoms with Crippen molar-refractivity contribution in [2.75, 3.05) is 18.0 Å². The summed E-state index contributed by atoms with van der Waals surface area (Å²) in [6, 6.07) is 0.263. The first kappa shape index (κ1) is 15.4. The number of anilines is 1. The fourth-order valence-corrected chi connectivity index (χ4v) is 4.46. The highest BCUT2D eigenvalue weighted by Gasteiger charge is 2.47. The number of aliphatic imine (C=N–C) groups is 1. The summed E-state index contributed by atoms with van der Waals surface area (Å²) in [6.07, 6.45) is 7.21. The first-order valence-electron chi connectivity index (χ1n) is 9.98. The molecule has 25 heavy (non-hydrogen) atoms. The predicted octanol–water partition coefficient (Wildman–Crippen LogP) is 3.50. The van der Waals surface area contributed by atoms with Gasteiger partial charge in [-0.05, 0) is 50.4 Å². The molecule has 3 heterocycles. The zero-order valence-electron chi connectivity index (χ0n) is 15.2. The van der Waals surface area contributed by atoms with Crippen molar-refractivity contribution in [3.63, 3.8) is 0 Å². The number of fused-ring (bicyclic) bond motifs is 3. The fraction of sp³-hybridized carbons (Fsp3) is 0.737. The Morgan fingerprint density at radius 1 is 1.20 bits per heavy atom. The molecule has 2 aliphatic carbocycles. The zero-order valence-corrected chi connectivity index (χ0v) is 15.2. The van der Waals surface area contributed by atoms with E-state index in [9.17, 15) is 4.79 Å². The molecule has 2 fully saturated rings. The summed E-state index contributed by atoms with van der Waals surface area (Å²) in [5.41, 5.74) is 0.977. The Morgan fingerprint density at radius 3 is 2.52 bits per heavy atom. The average Bonchev–Trinajstić information content (AvgIpc) is 3.52. The molecule has 0 bridgehead atoms. The second-order valence-electron chi connectivity index (χ2n) is 8.08. The van der Waals surface area contributed by atoms with Crippen LogP contribution in [0, 0.1) is 11.8 Å². The summed E-state index contributed by atoms with van der Waals surface area (Å²) in [7, 11) is 0. The van der Waals surface area contributed by atoms with Crippen molar-refractivity contribution in [2.24, 2.45) is 16.8 Å². The second kappa shape index (κ2) is 5.58. The number of aromatic nitrogens is 2. The zero-order chi connectivity index (χ0) is 17.1. The van der Waals surface area contributed by atoms with E-state index in [1.807, 2.05) is 9.80 Å². The first-order valence-corrected chi connectivity index (χ1v) is 9.98. The van der Waals surface area contributed by atoms with Gasteiger partial charge < -0.3 is 4.98 Å². The van der Waals surface area contributed by atoms with Crippen molar-refractivity contribution in [3.8, 4) is 0 Å². The Bertz CT molecular complexity index is 718. The van der Waals surface area contributed by atoms with Gasteiger partial charge in [-0.1, -0.05) is 13.8 Å². The van der Waals surface area contributed by atoms with Gasteiger partial charge in [0.2, 0.25) is 0 Å². The van der Waals surface area contributed by atoms with Crippen molar-refractivity contribution in [3.05, 3.63) is 11.5 Å². The number of amides is 2. The first-order chi connectivity index (χ1) is 12.2. The van der Waals surface area contributed by atoms with Crippen molar-refractivity contribution in [1.29, 1.82) is 0 Å². The topological polar surface area (TPSA) is 64.6 Å². The van der Waals surface area contributed by atoms with E-state index >= 15 is 0 Å². The number of aromatic amines is 1. The van der Waals surface area contributed by atoms with Crippen LogP contribution in [0.2, 0.25) is 0 Å². The number of imidazole rings is 1. The number of carbonyl (C=O) groups excluding carboxylic acids is 1. The molecule has 1 aromatic rings. The SMILES string of the molecule is CCCN1C(=O)N2CC(CC)N=C2c2[nH]c(C(C3CC3)C3CC3)nc21. The van der Waals surface area contributed by atoms with Gasteiger partial charge in [0.05, 0.1) is 12.6 Å². The predicted molar refractivity (Wildman–Crippen MR) is 97.1 cm³/mol. The molecule has 0 aromatic carbocycles. The quantitative estimate of drug-likeness (QED) is 0.860. The molecule has 4 aliphatic rings. The van der Waals surface area contributed by atoms with Crippen molar-refractivity contribution in [1.82, 2.24) is 14.9 Å². The van der Waals surface area contributed by atoms with Crippen molar-refractivity contribution in [2.45, 2.75) is 64.3 Å². The summed E-state index contributed by atoms with van der Waals surface area (Å²) >= 11 is 0. The van der Waals surface area contributed by atoms with E-state index in [0.717, 1.165) is 47.8 Å². The molecular weight excluding hydrogens is 314 g/mol. The maximum Gasteiger partial charge on any atom is 0.331 e. The van der Waals surface area contributed by atoms with Gasteiger partial charge in [-0.15, -0.1) is 0 Å². The van der Waals surface area contributed by atoms with Gasteiger partial charge in [-0.25, -0.2) is 9.78 Å². The Morgan fingerprint density at radius 2 is 1.92 bits per heavy atom. The minimum atomic E-state index is 0.0523. The van der Waals surface area contributed by atoms with Gasteiger partial charge in [0.25, 0.3) is 0 Å². The van der Waals surface area contributed by atoms with Crippen LogP contribution in [-0.2, 0) is 0 Å². The molecule has 0 radical (unpaired) electrons. The molecule has 134 valence electrons. The lowest BCUT2D eigenvalue weighted by Crippen LogP contribution is -2.50. The number of hydrogen-bond donors (Lipinski definition) is 1. The summed E-state index contributed by atoms with van der Waals surface area (Å²) in [4.78, 5) is 30.2. The summed E-state index contributed by atoms with van der Waals surface area (Å²) < 4.78 is 0. The van der Waals surface area contributed by atoms with Crippen LogP contribution in [0.1, 0.15) is 69.8 Å². The number of urea groups is 1. The number of hydrogen-bond acceptors (Lipinski definition) is 3. The molecular formula is C19H27N5O. The maximum absolute atomic E-state index is 13.0. The standard InChI is InChI=1S/C19H27N5O/c1-3-9-23-18-15(17-20-13(4-2)10-24(17)19(23)25)21-16(22-18)14(11-5-6-11)12-7-8-12/h11-14H,3-10H2,1-2H3,(H,21,22).